The van der Waals surface area contributed by atoms with E-state index in [1.807, 2.05) is 70.1 Å². The fourth-order valence-electron chi connectivity index (χ4n) is 4.48. The van der Waals surface area contributed by atoms with E-state index in [-0.39, 0.29) is 11.9 Å². The van der Waals surface area contributed by atoms with E-state index in [1.54, 1.807) is 12.4 Å². The Kier molecular flexibility index (Phi) is 5.06. The minimum absolute atomic E-state index is 0.0501. The lowest BCUT2D eigenvalue weighted by Gasteiger charge is -2.23. The molecule has 9 heteroatoms. The van der Waals surface area contributed by atoms with Gasteiger partial charge in [0, 0.05) is 37.6 Å². The van der Waals surface area contributed by atoms with E-state index in [4.69, 9.17) is 9.51 Å². The minimum Gasteiger partial charge on any atom is -0.339 e. The normalized spacial score (nSPS) is 15.8. The number of nitrogens with zero attached hydrogens (tertiary/aromatic N) is 7. The molecule has 0 aromatic carbocycles. The van der Waals surface area contributed by atoms with Crippen LogP contribution in [-0.2, 0) is 6.42 Å². The number of hydrogen-bond donors (Lipinski definition) is 0. The topological polar surface area (TPSA) is 102 Å². The highest BCUT2D eigenvalue weighted by atomic mass is 16.5. The summed E-state index contributed by atoms with van der Waals surface area (Å²) < 4.78 is 7.40. The van der Waals surface area contributed by atoms with E-state index in [0.717, 1.165) is 12.8 Å². The van der Waals surface area contributed by atoms with Gasteiger partial charge in [0.1, 0.15) is 17.0 Å². The van der Waals surface area contributed by atoms with Crippen molar-refractivity contribution in [2.75, 3.05) is 6.54 Å². The number of imidazole rings is 1. The molecule has 1 aliphatic heterocycles. The van der Waals surface area contributed by atoms with Crippen LogP contribution in [0.15, 0.2) is 77.7 Å². The number of aromatic nitrogens is 6. The number of fused-ring (bicyclic) bond motifs is 1. The van der Waals surface area contributed by atoms with Crippen molar-refractivity contribution < 1.29 is 9.32 Å². The lowest BCUT2D eigenvalue weighted by atomic mass is 10.1. The number of hydrogen-bond acceptors (Lipinski definition) is 7. The molecule has 1 fully saturated rings. The maximum Gasteiger partial charge on any atom is 0.275 e. The Balaban J connectivity index is 1.31. The summed E-state index contributed by atoms with van der Waals surface area (Å²) in [5.74, 6) is 0.825. The zero-order valence-corrected chi connectivity index (χ0v) is 18.3. The molecule has 0 radical (unpaired) electrons. The molecule has 0 saturated carbocycles. The lowest BCUT2D eigenvalue weighted by molar-refractivity contribution is 0.0727. The maximum atomic E-state index is 13.8. The molecule has 34 heavy (non-hydrogen) atoms. The highest BCUT2D eigenvalue weighted by molar-refractivity contribution is 5.99. The molecule has 0 spiro atoms. The predicted octanol–water partition coefficient (Wildman–Crippen LogP) is 3.69. The van der Waals surface area contributed by atoms with E-state index < -0.39 is 0 Å². The third-order valence-electron chi connectivity index (χ3n) is 6.05. The van der Waals surface area contributed by atoms with Crippen molar-refractivity contribution in [1.82, 2.24) is 34.4 Å². The Morgan fingerprint density at radius 3 is 2.56 bits per heavy atom. The molecule has 0 N–H and O–H groups in total. The average molecular weight is 451 g/mol. The second-order valence-corrected chi connectivity index (χ2v) is 8.18. The van der Waals surface area contributed by atoms with Crippen LogP contribution in [-0.4, -0.2) is 52.9 Å². The Labute approximate surface area is 195 Å². The molecule has 5 aromatic heterocycles. The summed E-state index contributed by atoms with van der Waals surface area (Å²) in [6.07, 6.45) is 7.57. The first-order valence-electron chi connectivity index (χ1n) is 11.2. The van der Waals surface area contributed by atoms with Gasteiger partial charge in [0.2, 0.25) is 11.7 Å². The van der Waals surface area contributed by atoms with Crippen LogP contribution in [0.3, 0.4) is 0 Å². The fourth-order valence-corrected chi connectivity index (χ4v) is 4.48. The van der Waals surface area contributed by atoms with Crippen molar-refractivity contribution in [2.45, 2.75) is 25.3 Å². The van der Waals surface area contributed by atoms with Crippen LogP contribution in [0.25, 0.3) is 28.6 Å². The molecule has 0 aliphatic carbocycles. The summed E-state index contributed by atoms with van der Waals surface area (Å²) in [6.45, 7) is 0.653. The summed E-state index contributed by atoms with van der Waals surface area (Å²) >= 11 is 0. The molecule has 1 saturated heterocycles. The van der Waals surface area contributed by atoms with Crippen molar-refractivity contribution in [3.8, 4) is 22.9 Å². The van der Waals surface area contributed by atoms with Gasteiger partial charge in [-0.25, -0.2) is 4.98 Å². The Morgan fingerprint density at radius 1 is 0.971 bits per heavy atom. The summed E-state index contributed by atoms with van der Waals surface area (Å²) in [7, 11) is 0. The van der Waals surface area contributed by atoms with Gasteiger partial charge in [0.25, 0.3) is 5.91 Å². The van der Waals surface area contributed by atoms with Crippen LogP contribution in [0.5, 0.6) is 0 Å². The van der Waals surface area contributed by atoms with Crippen molar-refractivity contribution in [1.29, 1.82) is 0 Å². The zero-order chi connectivity index (χ0) is 22.9. The molecule has 0 unspecified atom stereocenters. The van der Waals surface area contributed by atoms with Crippen molar-refractivity contribution in [3.05, 3.63) is 84.8 Å². The highest BCUT2D eigenvalue weighted by Gasteiger charge is 2.34. The fraction of sp³-hybridized carbons (Fsp3) is 0.200. The van der Waals surface area contributed by atoms with Gasteiger partial charge >= 0.3 is 0 Å². The summed E-state index contributed by atoms with van der Waals surface area (Å²) in [6, 6.07) is 16.9. The molecule has 1 atom stereocenters. The summed E-state index contributed by atoms with van der Waals surface area (Å²) in [5, 5.41) is 4.06. The zero-order valence-electron chi connectivity index (χ0n) is 18.3. The third-order valence-corrected chi connectivity index (χ3v) is 6.05. The smallest absolute Gasteiger partial charge is 0.275 e. The number of pyridine rings is 3. The van der Waals surface area contributed by atoms with Crippen molar-refractivity contribution >= 4 is 11.6 Å². The maximum absolute atomic E-state index is 13.8. The Morgan fingerprint density at radius 2 is 1.76 bits per heavy atom. The highest BCUT2D eigenvalue weighted by Crippen LogP contribution is 2.29. The van der Waals surface area contributed by atoms with Crippen LogP contribution in [0.1, 0.15) is 29.2 Å². The first kappa shape index (κ1) is 20.2. The molecule has 1 amide bonds. The standard InChI is InChI=1S/C25H21N7O2/c33-25(22-23(18-9-1-4-12-26-18)32-14-6-3-11-20(32)28-22)31-15-7-8-17(31)16-21-29-24(30-34-21)19-10-2-5-13-27-19/h1-6,9-14,17H,7-8,15-16H2/t17-/m0/s1. The average Bonchev–Trinajstić information content (AvgIpc) is 3.63. The van der Waals surface area contributed by atoms with Gasteiger partial charge in [0.05, 0.1) is 5.69 Å². The number of carbonyl (C=O) groups excluding carboxylic acids is 1. The molecule has 6 heterocycles. The molecular weight excluding hydrogens is 430 g/mol. The molecular formula is C25H21N7O2. The van der Waals surface area contributed by atoms with Gasteiger partial charge < -0.3 is 9.42 Å². The van der Waals surface area contributed by atoms with Crippen molar-refractivity contribution in [2.24, 2.45) is 0 Å². The number of likely N-dealkylation sites (tertiary alicyclic amines) is 1. The quantitative estimate of drug-likeness (QED) is 0.402. The minimum atomic E-state index is -0.115. The Hall–Kier alpha value is -4.40. The second-order valence-electron chi connectivity index (χ2n) is 8.18. The second kappa shape index (κ2) is 8.51. The van der Waals surface area contributed by atoms with Gasteiger partial charge in [-0.05, 0) is 49.2 Å². The molecule has 9 nitrogen and oxygen atoms in total. The number of carbonyl (C=O) groups is 1. The van der Waals surface area contributed by atoms with Crippen LogP contribution in [0, 0.1) is 0 Å². The van der Waals surface area contributed by atoms with Gasteiger partial charge in [-0.1, -0.05) is 23.4 Å². The third kappa shape index (κ3) is 3.61. The Bertz CT molecular complexity index is 1450. The monoisotopic (exact) mass is 451 g/mol. The number of rotatable bonds is 5. The van der Waals surface area contributed by atoms with E-state index in [9.17, 15) is 4.79 Å². The predicted molar refractivity (Wildman–Crippen MR) is 124 cm³/mol. The van der Waals surface area contributed by atoms with E-state index in [2.05, 4.69) is 20.1 Å². The molecule has 6 rings (SSSR count). The first-order chi connectivity index (χ1) is 16.8. The van der Waals surface area contributed by atoms with Crippen LogP contribution >= 0.6 is 0 Å². The largest absolute Gasteiger partial charge is 0.339 e. The van der Waals surface area contributed by atoms with Crippen LogP contribution in [0.4, 0.5) is 0 Å². The van der Waals surface area contributed by atoms with E-state index in [0.29, 0.717) is 53.1 Å². The number of amides is 1. The molecule has 168 valence electrons. The summed E-state index contributed by atoms with van der Waals surface area (Å²) in [5.41, 5.74) is 3.16. The van der Waals surface area contributed by atoms with Crippen LogP contribution < -0.4 is 0 Å². The molecule has 1 aliphatic rings. The van der Waals surface area contributed by atoms with Crippen LogP contribution in [0.2, 0.25) is 0 Å². The summed E-state index contributed by atoms with van der Waals surface area (Å²) in [4.78, 5) is 33.6. The van der Waals surface area contributed by atoms with E-state index in [1.165, 1.54) is 0 Å². The SMILES string of the molecule is O=C(c1nc2ccccn2c1-c1ccccn1)N1CCC[C@H]1Cc1nc(-c2ccccn2)no1. The van der Waals surface area contributed by atoms with Gasteiger partial charge in [0.15, 0.2) is 5.69 Å². The van der Waals surface area contributed by atoms with Gasteiger partial charge in [-0.15, -0.1) is 0 Å². The van der Waals surface area contributed by atoms with Crippen molar-refractivity contribution in [3.63, 3.8) is 0 Å². The van der Waals surface area contributed by atoms with Gasteiger partial charge in [-0.3, -0.25) is 19.2 Å². The van der Waals surface area contributed by atoms with E-state index >= 15 is 0 Å². The molecule has 5 aromatic rings. The first-order valence-corrected chi connectivity index (χ1v) is 11.2. The molecule has 0 bridgehead atoms. The van der Waals surface area contributed by atoms with Gasteiger partial charge in [-0.2, -0.15) is 4.98 Å². The lowest BCUT2D eigenvalue weighted by Crippen LogP contribution is -2.37.